The number of rotatable bonds is 9. The minimum absolute atomic E-state index is 0.0163. The van der Waals surface area contributed by atoms with Crippen LogP contribution in [0.25, 0.3) is 5.69 Å². The zero-order valence-electron chi connectivity index (χ0n) is 19.2. The Kier molecular flexibility index (Phi) is 7.12. The summed E-state index contributed by atoms with van der Waals surface area (Å²) in [5, 5.41) is 12.3. The number of carbonyl (C=O) groups is 2. The predicted octanol–water partition coefficient (Wildman–Crippen LogP) is 4.14. The first-order valence-corrected chi connectivity index (χ1v) is 11.7. The molecule has 34 heavy (non-hydrogen) atoms. The number of aromatic nitrogens is 4. The number of nitrogens with one attached hydrogen (secondary N) is 1. The number of hydrogen-bond donors (Lipinski definition) is 1. The third-order valence-electron chi connectivity index (χ3n) is 5.33. The maximum Gasteiger partial charge on any atom is 0.234 e. The molecule has 4 rings (SSSR count). The number of ether oxygens (including phenoxy) is 1. The van der Waals surface area contributed by atoms with E-state index in [0.29, 0.717) is 22.8 Å². The van der Waals surface area contributed by atoms with Crippen LogP contribution in [-0.4, -0.2) is 43.9 Å². The molecule has 0 aliphatic carbocycles. The topological polar surface area (TPSA) is 91.0 Å². The first-order valence-electron chi connectivity index (χ1n) is 10.7. The van der Waals surface area contributed by atoms with Crippen LogP contribution >= 0.6 is 11.8 Å². The molecule has 2 aromatic heterocycles. The van der Waals surface area contributed by atoms with E-state index in [0.717, 1.165) is 23.0 Å². The number of thioether (sulfide) groups is 1. The number of hydrogen-bond acceptors (Lipinski definition) is 6. The number of carbonyl (C=O) groups excluding carboxylic acids is 2. The number of ketones is 1. The number of amides is 1. The third kappa shape index (κ3) is 5.37. The van der Waals surface area contributed by atoms with Gasteiger partial charge in [0.2, 0.25) is 5.91 Å². The molecule has 9 heteroatoms. The lowest BCUT2D eigenvalue weighted by molar-refractivity contribution is -0.113. The lowest BCUT2D eigenvalue weighted by Crippen LogP contribution is -2.15. The highest BCUT2D eigenvalue weighted by Gasteiger charge is 2.17. The van der Waals surface area contributed by atoms with Crippen LogP contribution in [0.15, 0.2) is 72.0 Å². The minimum Gasteiger partial charge on any atom is -0.497 e. The second-order valence-electron chi connectivity index (χ2n) is 7.69. The average Bonchev–Trinajstić information content (AvgIpc) is 3.44. The van der Waals surface area contributed by atoms with Crippen LogP contribution in [0, 0.1) is 0 Å². The number of methoxy groups -OCH3 is 1. The summed E-state index contributed by atoms with van der Waals surface area (Å²) in [6.07, 6.45) is 2.59. The van der Waals surface area contributed by atoms with E-state index >= 15 is 0 Å². The molecular formula is C25H25N5O3S. The van der Waals surface area contributed by atoms with Crippen LogP contribution in [0.1, 0.15) is 28.8 Å². The molecule has 0 aliphatic rings. The zero-order valence-corrected chi connectivity index (χ0v) is 20.0. The summed E-state index contributed by atoms with van der Waals surface area (Å²) in [7, 11) is 3.62. The Bertz CT molecular complexity index is 1290. The molecule has 1 amide bonds. The third-order valence-corrected chi connectivity index (χ3v) is 6.26. The highest BCUT2D eigenvalue weighted by Crippen LogP contribution is 2.25. The van der Waals surface area contributed by atoms with Crippen LogP contribution in [0.4, 0.5) is 5.69 Å². The Balaban J connectivity index is 1.52. The number of nitrogens with zero attached hydrogens (tertiary/aromatic N) is 4. The molecule has 2 heterocycles. The number of anilines is 1. The fraction of sp³-hybridized carbons (Fsp3) is 0.200. The number of aryl methyl sites for hydroxylation is 1. The van der Waals surface area contributed by atoms with Gasteiger partial charge in [-0.1, -0.05) is 11.8 Å². The lowest BCUT2D eigenvalue weighted by Gasteiger charge is -2.12. The normalized spacial score (nSPS) is 10.8. The molecule has 0 unspecified atom stereocenters. The Labute approximate surface area is 202 Å². The molecule has 0 bridgehead atoms. The van der Waals surface area contributed by atoms with Gasteiger partial charge in [0.15, 0.2) is 10.9 Å². The Morgan fingerprint density at radius 1 is 1.03 bits per heavy atom. The molecule has 0 spiro atoms. The summed E-state index contributed by atoms with van der Waals surface area (Å²) in [6, 6.07) is 18.5. The van der Waals surface area contributed by atoms with Crippen molar-refractivity contribution < 1.29 is 14.3 Å². The van der Waals surface area contributed by atoms with Crippen molar-refractivity contribution in [3.05, 3.63) is 83.9 Å². The monoisotopic (exact) mass is 475 g/mol. The summed E-state index contributed by atoms with van der Waals surface area (Å²) in [5.74, 6) is 1.50. The van der Waals surface area contributed by atoms with Gasteiger partial charge in [0, 0.05) is 42.3 Å². The molecule has 0 atom stereocenters. The number of benzene rings is 2. The molecule has 0 saturated carbocycles. The SMILES string of the molecule is COc1ccc(-n2c(Cc3cccn3C)nnc2SCC(=O)Nc2ccc(C(C)=O)cc2)cc1. The Morgan fingerprint density at radius 2 is 1.76 bits per heavy atom. The van der Waals surface area contributed by atoms with E-state index in [1.54, 1.807) is 31.4 Å². The van der Waals surface area contributed by atoms with Gasteiger partial charge in [-0.2, -0.15) is 0 Å². The van der Waals surface area contributed by atoms with E-state index in [1.165, 1.54) is 18.7 Å². The molecule has 8 nitrogen and oxygen atoms in total. The van der Waals surface area contributed by atoms with Crippen LogP contribution < -0.4 is 10.1 Å². The van der Waals surface area contributed by atoms with Crippen molar-refractivity contribution in [3.63, 3.8) is 0 Å². The molecule has 2 aromatic carbocycles. The van der Waals surface area contributed by atoms with Crippen molar-refractivity contribution in [2.24, 2.45) is 7.05 Å². The van der Waals surface area contributed by atoms with Crippen LogP contribution in [0.2, 0.25) is 0 Å². The largest absolute Gasteiger partial charge is 0.497 e. The van der Waals surface area contributed by atoms with Crippen molar-refractivity contribution >= 4 is 29.1 Å². The molecule has 0 fully saturated rings. The maximum atomic E-state index is 12.6. The highest BCUT2D eigenvalue weighted by molar-refractivity contribution is 7.99. The average molecular weight is 476 g/mol. The predicted molar refractivity (Wildman–Crippen MR) is 132 cm³/mol. The van der Waals surface area contributed by atoms with Gasteiger partial charge in [0.25, 0.3) is 0 Å². The summed E-state index contributed by atoms with van der Waals surface area (Å²) >= 11 is 1.31. The first kappa shape index (κ1) is 23.3. The fourth-order valence-corrected chi connectivity index (χ4v) is 4.23. The van der Waals surface area contributed by atoms with Gasteiger partial charge in [-0.05, 0) is 67.6 Å². The van der Waals surface area contributed by atoms with Gasteiger partial charge >= 0.3 is 0 Å². The quantitative estimate of drug-likeness (QED) is 0.289. The van der Waals surface area contributed by atoms with Gasteiger partial charge < -0.3 is 14.6 Å². The van der Waals surface area contributed by atoms with E-state index < -0.39 is 0 Å². The summed E-state index contributed by atoms with van der Waals surface area (Å²) in [4.78, 5) is 24.0. The standard InChI is InChI=1S/C25H25N5O3S/c1-17(31)18-6-8-19(9-7-18)26-24(32)16-34-25-28-27-23(15-21-5-4-14-29(21)2)30(25)20-10-12-22(33-3)13-11-20/h4-14H,15-16H2,1-3H3,(H,26,32). The first-order chi connectivity index (χ1) is 16.4. The molecular weight excluding hydrogens is 450 g/mol. The number of Topliss-reactive ketones (excluding diaryl/α,β-unsaturated/α-hetero) is 1. The van der Waals surface area contributed by atoms with Crippen LogP contribution in [0.3, 0.4) is 0 Å². The summed E-state index contributed by atoms with van der Waals surface area (Å²) in [5.41, 5.74) is 3.23. The van der Waals surface area contributed by atoms with E-state index in [1.807, 2.05) is 58.8 Å². The van der Waals surface area contributed by atoms with Crippen LogP contribution in [0.5, 0.6) is 5.75 Å². The van der Waals surface area contributed by atoms with E-state index in [2.05, 4.69) is 15.5 Å². The highest BCUT2D eigenvalue weighted by atomic mass is 32.2. The van der Waals surface area contributed by atoms with Crippen LogP contribution in [-0.2, 0) is 18.3 Å². The zero-order chi connectivity index (χ0) is 24.1. The van der Waals surface area contributed by atoms with Crippen molar-refractivity contribution in [2.75, 3.05) is 18.2 Å². The minimum atomic E-state index is -0.172. The van der Waals surface area contributed by atoms with Crippen molar-refractivity contribution in [2.45, 2.75) is 18.5 Å². The van der Waals surface area contributed by atoms with Gasteiger partial charge in [0.1, 0.15) is 11.6 Å². The van der Waals surface area contributed by atoms with E-state index in [-0.39, 0.29) is 17.4 Å². The molecule has 174 valence electrons. The van der Waals surface area contributed by atoms with Gasteiger partial charge in [-0.3, -0.25) is 14.2 Å². The van der Waals surface area contributed by atoms with Gasteiger partial charge in [0.05, 0.1) is 12.9 Å². The Hall–Kier alpha value is -3.85. The van der Waals surface area contributed by atoms with Crippen molar-refractivity contribution in [1.82, 2.24) is 19.3 Å². The fourth-order valence-electron chi connectivity index (χ4n) is 3.46. The smallest absolute Gasteiger partial charge is 0.234 e. The maximum absolute atomic E-state index is 12.6. The van der Waals surface area contributed by atoms with Gasteiger partial charge in [-0.25, -0.2) is 0 Å². The Morgan fingerprint density at radius 3 is 2.38 bits per heavy atom. The summed E-state index contributed by atoms with van der Waals surface area (Å²) < 4.78 is 9.29. The van der Waals surface area contributed by atoms with Crippen molar-refractivity contribution in [1.29, 1.82) is 0 Å². The second kappa shape index (κ2) is 10.4. The van der Waals surface area contributed by atoms with E-state index in [4.69, 9.17) is 4.74 Å². The molecule has 0 saturated heterocycles. The van der Waals surface area contributed by atoms with Crippen molar-refractivity contribution in [3.8, 4) is 11.4 Å². The lowest BCUT2D eigenvalue weighted by atomic mass is 10.1. The van der Waals surface area contributed by atoms with E-state index in [9.17, 15) is 9.59 Å². The molecule has 4 aromatic rings. The van der Waals surface area contributed by atoms with Gasteiger partial charge in [-0.15, -0.1) is 10.2 Å². The summed E-state index contributed by atoms with van der Waals surface area (Å²) in [6.45, 7) is 1.51. The molecule has 0 radical (unpaired) electrons. The molecule has 0 aliphatic heterocycles. The second-order valence-corrected chi connectivity index (χ2v) is 8.63. The molecule has 1 N–H and O–H groups in total.